The molecule has 36 heavy (non-hydrogen) atoms. The highest BCUT2D eigenvalue weighted by Crippen LogP contribution is 2.77. The summed E-state index contributed by atoms with van der Waals surface area (Å²) in [5.74, 6) is -2.09. The number of rotatable bonds is 2. The van der Waals surface area contributed by atoms with Crippen LogP contribution < -0.4 is 0 Å². The maximum atomic E-state index is 14.2. The highest BCUT2D eigenvalue weighted by atomic mass is 16.7. The largest absolute Gasteiger partial charge is 0.456 e. The van der Waals surface area contributed by atoms with E-state index in [0.717, 1.165) is 0 Å². The summed E-state index contributed by atoms with van der Waals surface area (Å²) in [5, 5.41) is 0. The molecule has 2 saturated carbocycles. The number of methoxy groups -OCH3 is 1. The Morgan fingerprint density at radius 2 is 1.69 bits per heavy atom. The molecule has 0 aromatic heterocycles. The Morgan fingerprint density at radius 1 is 0.972 bits per heavy atom. The smallest absolute Gasteiger partial charge is 0.340 e. The van der Waals surface area contributed by atoms with E-state index in [1.54, 1.807) is 0 Å². The van der Waals surface area contributed by atoms with Gasteiger partial charge in [-0.05, 0) is 51.0 Å². The van der Waals surface area contributed by atoms with Crippen molar-refractivity contribution in [1.29, 1.82) is 0 Å². The van der Waals surface area contributed by atoms with Gasteiger partial charge in [-0.15, -0.1) is 0 Å². The summed E-state index contributed by atoms with van der Waals surface area (Å²) in [5.41, 5.74) is -4.24. The third-order valence-electron chi connectivity index (χ3n) is 10.5. The van der Waals surface area contributed by atoms with Crippen LogP contribution in [-0.2, 0) is 42.9 Å². The first-order valence-electron chi connectivity index (χ1n) is 12.6. The first-order chi connectivity index (χ1) is 16.8. The number of cyclic esters (lactones) is 3. The molecule has 0 aromatic rings. The molecule has 2 saturated heterocycles. The zero-order valence-electron chi connectivity index (χ0n) is 21.4. The molecule has 0 N–H and O–H groups in total. The van der Waals surface area contributed by atoms with Crippen LogP contribution in [0.3, 0.4) is 0 Å². The lowest BCUT2D eigenvalue weighted by Gasteiger charge is -2.64. The van der Waals surface area contributed by atoms with Crippen molar-refractivity contribution in [3.05, 3.63) is 23.8 Å². The average molecular weight is 501 g/mol. The number of epoxide rings is 1. The van der Waals surface area contributed by atoms with Crippen LogP contribution in [-0.4, -0.2) is 60.5 Å². The van der Waals surface area contributed by atoms with Crippen LogP contribution in [0.15, 0.2) is 23.8 Å². The van der Waals surface area contributed by atoms with Crippen molar-refractivity contribution in [2.75, 3.05) is 7.11 Å². The van der Waals surface area contributed by atoms with Crippen molar-refractivity contribution in [2.45, 2.75) is 83.6 Å². The van der Waals surface area contributed by atoms with Crippen molar-refractivity contribution in [1.82, 2.24) is 0 Å². The van der Waals surface area contributed by atoms with Gasteiger partial charge in [0.25, 0.3) is 0 Å². The Hall–Kier alpha value is -2.52. The number of ether oxygens (including phenoxy) is 5. The molecule has 0 aromatic carbocycles. The lowest BCUT2D eigenvalue weighted by molar-refractivity contribution is -0.211. The highest BCUT2D eigenvalue weighted by molar-refractivity contribution is 5.96. The minimum absolute atomic E-state index is 0.0194. The van der Waals surface area contributed by atoms with Crippen molar-refractivity contribution in [3.63, 3.8) is 0 Å². The second-order valence-corrected chi connectivity index (χ2v) is 12.3. The number of allylic oxidation sites excluding steroid dienone is 1. The molecule has 4 heterocycles. The zero-order valence-corrected chi connectivity index (χ0v) is 21.4. The summed E-state index contributed by atoms with van der Waals surface area (Å²) in [7, 11) is 1.42. The van der Waals surface area contributed by atoms with Crippen molar-refractivity contribution >= 4 is 23.7 Å². The van der Waals surface area contributed by atoms with Gasteiger partial charge >= 0.3 is 17.9 Å². The maximum absolute atomic E-state index is 14.2. The monoisotopic (exact) mass is 500 g/mol. The maximum Gasteiger partial charge on any atom is 0.340 e. The normalized spacial score (nSPS) is 50.4. The summed E-state index contributed by atoms with van der Waals surface area (Å²) in [6, 6.07) is 0. The lowest BCUT2D eigenvalue weighted by Crippen LogP contribution is -2.72. The van der Waals surface area contributed by atoms with E-state index in [9.17, 15) is 19.2 Å². The molecule has 6 aliphatic rings. The molecule has 4 aliphatic heterocycles. The van der Waals surface area contributed by atoms with E-state index in [4.69, 9.17) is 23.7 Å². The Labute approximate surface area is 209 Å². The molecular formula is C27H32O9. The number of hydrogen-bond donors (Lipinski definition) is 0. The average Bonchev–Trinajstić information content (AvgIpc) is 3.49. The predicted octanol–water partition coefficient (Wildman–Crippen LogP) is 2.41. The van der Waals surface area contributed by atoms with Gasteiger partial charge in [0.2, 0.25) is 6.29 Å². The van der Waals surface area contributed by atoms with Gasteiger partial charge < -0.3 is 23.7 Å². The van der Waals surface area contributed by atoms with E-state index in [2.05, 4.69) is 6.92 Å². The molecule has 4 fully saturated rings. The van der Waals surface area contributed by atoms with E-state index < -0.39 is 63.9 Å². The first kappa shape index (κ1) is 23.9. The predicted molar refractivity (Wildman–Crippen MR) is 122 cm³/mol. The van der Waals surface area contributed by atoms with E-state index in [1.807, 2.05) is 33.8 Å². The van der Waals surface area contributed by atoms with Crippen molar-refractivity contribution in [3.8, 4) is 0 Å². The Balaban J connectivity index is 1.50. The van der Waals surface area contributed by atoms with E-state index in [0.29, 0.717) is 12.8 Å². The molecule has 2 aliphatic carbocycles. The third-order valence-corrected chi connectivity index (χ3v) is 10.5. The van der Waals surface area contributed by atoms with E-state index >= 15 is 0 Å². The number of carbonyl (C=O) groups is 4. The summed E-state index contributed by atoms with van der Waals surface area (Å²) in [6.45, 7) is 9.65. The lowest BCUT2D eigenvalue weighted by atomic mass is 9.37. The van der Waals surface area contributed by atoms with Gasteiger partial charge in [0.15, 0.2) is 6.10 Å². The van der Waals surface area contributed by atoms with Crippen LogP contribution in [0.2, 0.25) is 0 Å². The number of ketones is 1. The van der Waals surface area contributed by atoms with Gasteiger partial charge in [-0.25, -0.2) is 14.4 Å². The van der Waals surface area contributed by atoms with E-state index in [1.165, 1.54) is 19.3 Å². The summed E-state index contributed by atoms with van der Waals surface area (Å²) in [6.07, 6.45) is 3.56. The summed E-state index contributed by atoms with van der Waals surface area (Å²) < 4.78 is 28.3. The number of hydrogen-bond acceptors (Lipinski definition) is 9. The Morgan fingerprint density at radius 3 is 2.36 bits per heavy atom. The fourth-order valence-corrected chi connectivity index (χ4v) is 8.77. The Bertz CT molecular complexity index is 1170. The van der Waals surface area contributed by atoms with Crippen LogP contribution >= 0.6 is 0 Å². The molecule has 0 amide bonds. The number of Topliss-reactive ketones (excluding diaryl/α,β-unsaturated/α-hetero) is 1. The molecule has 9 nitrogen and oxygen atoms in total. The molecule has 9 atom stereocenters. The van der Waals surface area contributed by atoms with Crippen LogP contribution in [0.5, 0.6) is 0 Å². The first-order valence-corrected chi connectivity index (χ1v) is 12.6. The third kappa shape index (κ3) is 2.53. The molecule has 0 radical (unpaired) electrons. The SMILES string of the molecule is CO[C@H]1C=C([C@@H]2OC(=O)[C@H]3O[C@@]34[C@@]2(C)CC[C@@H]2[C@@]3(C)C=CC(=O)OC(C)(C)[C@@H]3CC(=O)[C@]24C)C(=O)O1. The Kier molecular flexibility index (Phi) is 4.55. The van der Waals surface area contributed by atoms with Gasteiger partial charge in [0.1, 0.15) is 23.1 Å². The van der Waals surface area contributed by atoms with Crippen LogP contribution in [0.1, 0.15) is 53.9 Å². The quantitative estimate of drug-likeness (QED) is 0.320. The molecular weight excluding hydrogens is 468 g/mol. The van der Waals surface area contributed by atoms with Crippen molar-refractivity contribution in [2.24, 2.45) is 28.1 Å². The van der Waals surface area contributed by atoms with Gasteiger partial charge in [-0.1, -0.05) is 19.9 Å². The molecule has 0 bridgehead atoms. The summed E-state index contributed by atoms with van der Waals surface area (Å²) >= 11 is 0. The fourth-order valence-electron chi connectivity index (χ4n) is 8.77. The number of carbonyl (C=O) groups excluding carboxylic acids is 4. The van der Waals surface area contributed by atoms with Gasteiger partial charge in [0, 0.05) is 30.9 Å². The standard InChI is InChI=1S/C27H32O9/c1-23(2)15-12-16(28)26(5)14(24(15,3)9-8-17(29)35-23)7-10-25(4)19(13-11-18(32-6)33-21(13)30)34-22(31)20-27(25,26)36-20/h8-9,11,14-15,18-20H,7,10,12H2,1-6H3/t14-,15+,18-,19+,20-,24-,25+,26+,27-/m1/s1. The number of esters is 3. The zero-order chi connectivity index (χ0) is 26.1. The van der Waals surface area contributed by atoms with Crippen LogP contribution in [0.25, 0.3) is 0 Å². The van der Waals surface area contributed by atoms with Gasteiger partial charge in [-0.2, -0.15) is 0 Å². The van der Waals surface area contributed by atoms with E-state index in [-0.39, 0.29) is 29.6 Å². The van der Waals surface area contributed by atoms with Crippen LogP contribution in [0.4, 0.5) is 0 Å². The van der Waals surface area contributed by atoms with Gasteiger partial charge in [-0.3, -0.25) is 4.79 Å². The second kappa shape index (κ2) is 6.86. The van der Waals surface area contributed by atoms with Gasteiger partial charge in [0.05, 0.1) is 11.0 Å². The summed E-state index contributed by atoms with van der Waals surface area (Å²) in [4.78, 5) is 52.6. The number of fused-ring (bicyclic) bond motifs is 3. The van der Waals surface area contributed by atoms with Crippen LogP contribution in [0, 0.1) is 28.1 Å². The van der Waals surface area contributed by atoms with Crippen molar-refractivity contribution < 1.29 is 42.9 Å². The second-order valence-electron chi connectivity index (χ2n) is 12.3. The minimum Gasteiger partial charge on any atom is -0.456 e. The molecule has 194 valence electrons. The molecule has 0 unspecified atom stereocenters. The highest BCUT2D eigenvalue weighted by Gasteiger charge is 2.88. The molecule has 1 spiro atoms. The minimum atomic E-state index is -1.14. The molecule has 6 rings (SSSR count). The molecule has 9 heteroatoms. The fraction of sp³-hybridized carbons (Fsp3) is 0.704. The topological polar surface area (TPSA) is 118 Å².